The van der Waals surface area contributed by atoms with Gasteiger partial charge in [-0.15, -0.1) is 6.42 Å². The van der Waals surface area contributed by atoms with E-state index in [-0.39, 0.29) is 19.9 Å². The van der Waals surface area contributed by atoms with Crippen molar-refractivity contribution in [3.63, 3.8) is 0 Å². The van der Waals surface area contributed by atoms with Gasteiger partial charge in [-0.3, -0.25) is 0 Å². The molecular formula is C32H40F2O2. The summed E-state index contributed by atoms with van der Waals surface area (Å²) >= 11 is 0. The van der Waals surface area contributed by atoms with E-state index in [1.165, 1.54) is 44.2 Å². The summed E-state index contributed by atoms with van der Waals surface area (Å²) in [5.41, 5.74) is 2.65. The topological polar surface area (TPSA) is 18.5 Å². The Hall–Kier alpha value is -4.20. The van der Waals surface area contributed by atoms with Gasteiger partial charge in [0.1, 0.15) is 11.9 Å². The summed E-state index contributed by atoms with van der Waals surface area (Å²) in [6.07, 6.45) is 14.5. The monoisotopic (exact) mass is 494 g/mol. The Balaban J connectivity index is -0.00000120. The fourth-order valence-electron chi connectivity index (χ4n) is 3.67. The largest absolute Gasteiger partial charge is 0.494 e. The Kier molecular flexibility index (Phi) is 10.5. The van der Waals surface area contributed by atoms with E-state index in [0.717, 1.165) is 29.9 Å². The van der Waals surface area contributed by atoms with Crippen molar-refractivity contribution < 1.29 is 26.8 Å². The van der Waals surface area contributed by atoms with Crippen LogP contribution in [0.1, 0.15) is 54.0 Å². The van der Waals surface area contributed by atoms with Crippen LogP contribution in [0.2, 0.25) is 0 Å². The number of hydrogen-bond donors (Lipinski definition) is 0. The first-order valence-corrected chi connectivity index (χ1v) is 12.1. The van der Waals surface area contributed by atoms with Gasteiger partial charge in [0.05, 0.1) is 6.61 Å². The van der Waals surface area contributed by atoms with Crippen molar-refractivity contribution in [2.24, 2.45) is 0 Å². The zero-order valence-corrected chi connectivity index (χ0v) is 20.4. The molecule has 36 heavy (non-hydrogen) atoms. The highest BCUT2D eigenvalue weighted by Crippen LogP contribution is 2.31. The van der Waals surface area contributed by atoms with Gasteiger partial charge in [-0.25, -0.2) is 4.39 Å². The molecule has 0 heterocycles. The third-order valence-corrected chi connectivity index (χ3v) is 5.61. The van der Waals surface area contributed by atoms with E-state index in [1.54, 1.807) is 12.1 Å². The molecule has 4 heteroatoms. The van der Waals surface area contributed by atoms with Gasteiger partial charge in [-0.2, -0.15) is 4.39 Å². The maximum absolute atomic E-state index is 14.7. The van der Waals surface area contributed by atoms with Crippen LogP contribution in [0.4, 0.5) is 8.78 Å². The predicted molar refractivity (Wildman–Crippen MR) is 154 cm³/mol. The smallest absolute Gasteiger partial charge is 0.203 e. The van der Waals surface area contributed by atoms with Gasteiger partial charge in [0.15, 0.2) is 11.6 Å². The van der Waals surface area contributed by atoms with E-state index in [0.29, 0.717) is 5.56 Å². The molecule has 2 nitrogen and oxygen atoms in total. The van der Waals surface area contributed by atoms with Gasteiger partial charge in [-0.05, 0) is 59.2 Å². The number of unbranched alkanes of at least 4 members (excludes halogenated alkanes) is 5. The quantitative estimate of drug-likeness (QED) is 0.195. The summed E-state index contributed by atoms with van der Waals surface area (Å²) in [5.74, 6) is 7.38. The van der Waals surface area contributed by atoms with Crippen molar-refractivity contribution in [2.75, 3.05) is 6.61 Å². The molecule has 0 aromatic heterocycles. The van der Waals surface area contributed by atoms with Gasteiger partial charge in [0.2, 0.25) is 5.82 Å². The van der Waals surface area contributed by atoms with Crippen LogP contribution in [0, 0.1) is 47.8 Å². The molecule has 0 N–H and O–H groups in total. The molecule has 0 amide bonds. The van der Waals surface area contributed by atoms with Crippen LogP contribution in [-0.4, -0.2) is 6.61 Å². The summed E-state index contributed by atoms with van der Waals surface area (Å²) in [6.45, 7) is 2.94. The van der Waals surface area contributed by atoms with Crippen LogP contribution in [0.5, 0.6) is 11.5 Å². The van der Waals surface area contributed by atoms with Gasteiger partial charge < -0.3 is 9.47 Å². The van der Waals surface area contributed by atoms with Gasteiger partial charge in [0, 0.05) is 26.0 Å². The molecule has 0 spiro atoms. The molecule has 0 fully saturated rings. The van der Waals surface area contributed by atoms with Crippen LogP contribution in [0.25, 0.3) is 22.3 Å². The molecule has 3 aromatic carbocycles. The second-order valence-electron chi connectivity index (χ2n) is 8.18. The fourth-order valence-corrected chi connectivity index (χ4v) is 3.67. The Morgan fingerprint density at radius 1 is 0.722 bits per heavy atom. The minimum Gasteiger partial charge on any atom is -0.494 e. The van der Waals surface area contributed by atoms with Crippen molar-refractivity contribution in [3.8, 4) is 70.0 Å². The number of hydrogen-bond acceptors (Lipinski definition) is 2. The Morgan fingerprint density at radius 3 is 2.06 bits per heavy atom. The van der Waals surface area contributed by atoms with Crippen LogP contribution in [-0.2, 0) is 0 Å². The van der Waals surface area contributed by atoms with Crippen molar-refractivity contribution in [1.29, 1.82) is 0 Å². The maximum atomic E-state index is 14.7. The molecular weight excluding hydrogens is 454 g/mol. The molecule has 3 rings (SSSR count). The third-order valence-electron chi connectivity index (χ3n) is 5.61. The van der Waals surface area contributed by atoms with E-state index in [9.17, 15) is 8.78 Å². The summed E-state index contributed by atoms with van der Waals surface area (Å²) in [5, 5.41) is 0. The van der Waals surface area contributed by atoms with E-state index < -0.39 is 11.6 Å². The molecule has 0 aliphatic carbocycles. The van der Waals surface area contributed by atoms with Gasteiger partial charge in [-0.1, -0.05) is 75.4 Å². The molecule has 0 saturated heterocycles. The molecule has 194 valence electrons. The normalized spacial score (nSPS) is 9.83. The van der Waals surface area contributed by atoms with Crippen LogP contribution >= 0.6 is 0 Å². The first kappa shape index (κ1) is 26.4. The number of ether oxygens (including phenoxy) is 2. The molecule has 0 radical (unpaired) electrons. The number of terminal acetylenes is 1. The molecule has 0 aliphatic heterocycles. The van der Waals surface area contributed by atoms with Crippen LogP contribution in [0.3, 0.4) is 0 Å². The average Bonchev–Trinajstić information content (AvgIpc) is 2.91. The van der Waals surface area contributed by atoms with Crippen molar-refractivity contribution in [3.05, 3.63) is 72.3 Å². The number of halogens is 2. The minimum atomic E-state index is -1.12. The second kappa shape index (κ2) is 14.3. The molecule has 0 saturated carbocycles. The molecule has 0 unspecified atom stereocenters. The summed E-state index contributed by atoms with van der Waals surface area (Å²) < 4.78 is 39.9. The SMILES string of the molecule is C#CC#CC#COc1ccc(-c2ccc(-c3ccc(OCCCCCCCC)cc3)cc2)c(F)c1F.[HH].[HH].[HH].[HH].[HH].[HH]. The van der Waals surface area contributed by atoms with Crippen molar-refractivity contribution >= 4 is 0 Å². The van der Waals surface area contributed by atoms with Crippen LogP contribution in [0.15, 0.2) is 60.7 Å². The van der Waals surface area contributed by atoms with E-state index in [4.69, 9.17) is 15.9 Å². The molecule has 0 atom stereocenters. The Bertz CT molecular complexity index is 1320. The van der Waals surface area contributed by atoms with Crippen LogP contribution < -0.4 is 9.47 Å². The fraction of sp³-hybridized carbons (Fsp3) is 0.250. The summed E-state index contributed by atoms with van der Waals surface area (Å²) in [6, 6.07) is 17.9. The van der Waals surface area contributed by atoms with E-state index in [1.807, 2.05) is 36.4 Å². The number of rotatable bonds is 11. The Morgan fingerprint density at radius 2 is 1.36 bits per heavy atom. The van der Waals surface area contributed by atoms with Gasteiger partial charge in [0.25, 0.3) is 0 Å². The first-order valence-electron chi connectivity index (χ1n) is 12.1. The minimum absolute atomic E-state index is 0. The van der Waals surface area contributed by atoms with Crippen molar-refractivity contribution in [2.45, 2.75) is 45.4 Å². The highest BCUT2D eigenvalue weighted by molar-refractivity contribution is 5.71. The lowest BCUT2D eigenvalue weighted by atomic mass is 9.99. The lowest BCUT2D eigenvalue weighted by Gasteiger charge is -2.09. The van der Waals surface area contributed by atoms with E-state index >= 15 is 0 Å². The first-order chi connectivity index (χ1) is 17.6. The Labute approximate surface area is 221 Å². The second-order valence-corrected chi connectivity index (χ2v) is 8.18. The molecule has 0 aliphatic rings. The maximum Gasteiger partial charge on any atom is 0.203 e. The zero-order valence-electron chi connectivity index (χ0n) is 20.4. The molecule has 3 aromatic rings. The van der Waals surface area contributed by atoms with Gasteiger partial charge >= 0.3 is 0 Å². The highest BCUT2D eigenvalue weighted by atomic mass is 19.2. The zero-order chi connectivity index (χ0) is 25.6. The lowest BCUT2D eigenvalue weighted by molar-refractivity contribution is 0.304. The molecule has 0 bridgehead atoms. The number of benzene rings is 3. The third kappa shape index (κ3) is 7.66. The highest BCUT2D eigenvalue weighted by Gasteiger charge is 2.16. The van der Waals surface area contributed by atoms with Crippen molar-refractivity contribution in [1.82, 2.24) is 0 Å². The summed E-state index contributed by atoms with van der Waals surface area (Å²) in [4.78, 5) is 0. The standard InChI is InChI=1S/C32H28F2O2.6H2/c1-3-5-7-9-10-12-23-35-28-19-17-26(18-20-28)25-13-15-27(16-14-25)29-21-22-30(32(34)31(29)33)36-24-11-8-6-4-2;;;;;;/h2,13-22H,3,5,7,9-10,12,23H2,1H3;6*1H. The predicted octanol–water partition coefficient (Wildman–Crippen LogP) is 9.49. The summed E-state index contributed by atoms with van der Waals surface area (Å²) in [7, 11) is 0. The lowest BCUT2D eigenvalue weighted by Crippen LogP contribution is -1.97. The average molecular weight is 495 g/mol. The van der Waals surface area contributed by atoms with E-state index in [2.05, 4.69) is 36.7 Å².